The van der Waals surface area contributed by atoms with E-state index in [0.29, 0.717) is 5.92 Å². The number of allylic oxidation sites excluding steroid dienone is 10. The van der Waals surface area contributed by atoms with Crippen molar-refractivity contribution in [2.75, 3.05) is 19.0 Å². The fourth-order valence-electron chi connectivity index (χ4n) is 9.35. The van der Waals surface area contributed by atoms with Crippen LogP contribution in [0.2, 0.25) is 0 Å². The number of benzene rings is 5. The Morgan fingerprint density at radius 2 is 1.41 bits per heavy atom. The number of rotatable bonds is 6. The highest BCUT2D eigenvalue weighted by atomic mass is 15.1. The Morgan fingerprint density at radius 1 is 0.745 bits per heavy atom. The topological polar surface area (TPSA) is 6.25 Å². The zero-order valence-corrected chi connectivity index (χ0v) is 30.9. The molecule has 0 spiro atoms. The molecule has 0 saturated heterocycles. The molecule has 5 aromatic carbocycles. The van der Waals surface area contributed by atoms with Crippen LogP contribution in [0.25, 0.3) is 21.5 Å². The number of nitrogens with zero attached hydrogens (tertiary/aromatic N) is 2. The van der Waals surface area contributed by atoms with Crippen LogP contribution in [0.4, 0.5) is 11.4 Å². The minimum Gasteiger partial charge on any atom is -0.347 e. The standard InChI is InChI=1S/C49H49N2/c1-34-42(50(5)43-28-26-38-20-10-12-22-40(38)46(34)43)24-14-18-36-30-37(32-48(2,3)31-36)19-15-25-45-49(4,33-35-16-8-7-9-17-35)47-41-23-13-11-21-39(41)27-29-44(47)51(45)6/h7-30,34H,31-33H2,1-6H3/q+1. The Labute approximate surface area is 304 Å². The van der Waals surface area contributed by atoms with E-state index in [1.165, 1.54) is 72.2 Å². The van der Waals surface area contributed by atoms with Gasteiger partial charge in [-0.3, -0.25) is 0 Å². The molecule has 51 heavy (non-hydrogen) atoms. The molecular weight excluding hydrogens is 617 g/mol. The quantitative estimate of drug-likeness (QED) is 0.164. The summed E-state index contributed by atoms with van der Waals surface area (Å²) in [6.07, 6.45) is 19.5. The van der Waals surface area contributed by atoms with Crippen molar-refractivity contribution in [3.05, 3.63) is 179 Å². The lowest BCUT2D eigenvalue weighted by atomic mass is 9.73. The molecule has 5 aromatic rings. The van der Waals surface area contributed by atoms with Crippen molar-refractivity contribution in [2.24, 2.45) is 5.41 Å². The molecule has 0 bridgehead atoms. The number of likely N-dealkylation sites (N-methyl/N-ethyl adjacent to an activating group) is 1. The third-order valence-corrected chi connectivity index (χ3v) is 11.6. The summed E-state index contributed by atoms with van der Waals surface area (Å²) in [6.45, 7) is 9.58. The van der Waals surface area contributed by atoms with Gasteiger partial charge in [-0.1, -0.05) is 136 Å². The smallest absolute Gasteiger partial charge is 0.210 e. The van der Waals surface area contributed by atoms with E-state index in [-0.39, 0.29) is 10.8 Å². The lowest BCUT2D eigenvalue weighted by molar-refractivity contribution is -0.401. The van der Waals surface area contributed by atoms with E-state index in [0.717, 1.165) is 19.3 Å². The minimum absolute atomic E-state index is 0.166. The van der Waals surface area contributed by atoms with Crippen molar-refractivity contribution in [1.29, 1.82) is 0 Å². The first-order chi connectivity index (χ1) is 24.6. The lowest BCUT2D eigenvalue weighted by Gasteiger charge is -2.30. The first-order valence-corrected chi connectivity index (χ1v) is 18.5. The van der Waals surface area contributed by atoms with Crippen LogP contribution in [0.3, 0.4) is 0 Å². The van der Waals surface area contributed by atoms with E-state index in [2.05, 4.69) is 197 Å². The zero-order chi connectivity index (χ0) is 35.3. The van der Waals surface area contributed by atoms with Gasteiger partial charge < -0.3 is 4.90 Å². The normalized spacial score (nSPS) is 23.0. The zero-order valence-electron chi connectivity index (χ0n) is 30.9. The van der Waals surface area contributed by atoms with Gasteiger partial charge in [0.15, 0.2) is 5.71 Å². The van der Waals surface area contributed by atoms with Gasteiger partial charge in [0.1, 0.15) is 7.05 Å². The molecule has 1 aliphatic carbocycles. The Balaban J connectivity index is 1.09. The van der Waals surface area contributed by atoms with E-state index in [4.69, 9.17) is 0 Å². The average Bonchev–Trinajstić information content (AvgIpc) is 3.49. The molecule has 0 N–H and O–H groups in total. The maximum atomic E-state index is 2.44. The van der Waals surface area contributed by atoms with Crippen LogP contribution in [-0.4, -0.2) is 24.4 Å². The summed E-state index contributed by atoms with van der Waals surface area (Å²) in [5.41, 5.74) is 12.3. The van der Waals surface area contributed by atoms with E-state index in [9.17, 15) is 0 Å². The van der Waals surface area contributed by atoms with E-state index >= 15 is 0 Å². The molecule has 2 unspecified atom stereocenters. The second-order valence-electron chi connectivity index (χ2n) is 15.9. The monoisotopic (exact) mass is 665 g/mol. The van der Waals surface area contributed by atoms with Crippen molar-refractivity contribution in [1.82, 2.24) is 0 Å². The number of hydrogen-bond acceptors (Lipinski definition) is 1. The molecule has 2 atom stereocenters. The van der Waals surface area contributed by atoms with Crippen LogP contribution >= 0.6 is 0 Å². The van der Waals surface area contributed by atoms with E-state index in [1.54, 1.807) is 0 Å². The number of hydrogen-bond donors (Lipinski definition) is 0. The minimum atomic E-state index is -0.166. The Bertz CT molecular complexity index is 2360. The van der Waals surface area contributed by atoms with E-state index in [1.807, 2.05) is 0 Å². The summed E-state index contributed by atoms with van der Waals surface area (Å²) in [7, 11) is 4.44. The third kappa shape index (κ3) is 5.91. The Hall–Kier alpha value is -5.21. The van der Waals surface area contributed by atoms with Crippen molar-refractivity contribution in [3.63, 3.8) is 0 Å². The van der Waals surface area contributed by atoms with Crippen LogP contribution in [0.1, 0.15) is 63.1 Å². The second kappa shape index (κ2) is 12.8. The predicted octanol–water partition coefficient (Wildman–Crippen LogP) is 12.1. The second-order valence-corrected chi connectivity index (χ2v) is 15.9. The van der Waals surface area contributed by atoms with Crippen LogP contribution in [0.5, 0.6) is 0 Å². The largest absolute Gasteiger partial charge is 0.347 e. The van der Waals surface area contributed by atoms with Gasteiger partial charge in [0.2, 0.25) is 5.69 Å². The predicted molar refractivity (Wildman–Crippen MR) is 219 cm³/mol. The fraction of sp³-hybridized carbons (Fsp3) is 0.245. The fourth-order valence-corrected chi connectivity index (χ4v) is 9.35. The average molecular weight is 666 g/mol. The summed E-state index contributed by atoms with van der Waals surface area (Å²) >= 11 is 0. The molecule has 0 fully saturated rings. The van der Waals surface area contributed by atoms with Gasteiger partial charge in [0.05, 0.1) is 5.41 Å². The summed E-state index contributed by atoms with van der Waals surface area (Å²) in [5, 5.41) is 5.32. The van der Waals surface area contributed by atoms with Crippen molar-refractivity contribution < 1.29 is 4.58 Å². The highest BCUT2D eigenvalue weighted by Gasteiger charge is 2.47. The number of fused-ring (bicyclic) bond motifs is 6. The third-order valence-electron chi connectivity index (χ3n) is 11.6. The first kappa shape index (κ1) is 33.0. The van der Waals surface area contributed by atoms with Crippen LogP contribution in [-0.2, 0) is 11.8 Å². The summed E-state index contributed by atoms with van der Waals surface area (Å²) in [5.74, 6) is 0.348. The molecule has 3 aliphatic rings. The molecule has 254 valence electrons. The molecular formula is C49H49N2+. The summed E-state index contributed by atoms with van der Waals surface area (Å²) < 4.78 is 2.42. The van der Waals surface area contributed by atoms with E-state index < -0.39 is 0 Å². The highest BCUT2D eigenvalue weighted by molar-refractivity contribution is 6.08. The van der Waals surface area contributed by atoms with Gasteiger partial charge in [0.25, 0.3) is 0 Å². The van der Waals surface area contributed by atoms with Crippen LogP contribution in [0, 0.1) is 5.41 Å². The molecule has 0 aromatic heterocycles. The van der Waals surface area contributed by atoms with Crippen LogP contribution < -0.4 is 4.90 Å². The van der Waals surface area contributed by atoms with Gasteiger partial charge in [-0.15, -0.1) is 0 Å². The van der Waals surface area contributed by atoms with Crippen molar-refractivity contribution in [2.45, 2.75) is 58.3 Å². The molecule has 0 radical (unpaired) electrons. The van der Waals surface area contributed by atoms with Crippen molar-refractivity contribution in [3.8, 4) is 0 Å². The molecule has 0 saturated carbocycles. The van der Waals surface area contributed by atoms with Gasteiger partial charge in [0, 0.05) is 42.1 Å². The lowest BCUT2D eigenvalue weighted by Crippen LogP contribution is -2.33. The molecule has 2 heteroatoms. The molecule has 2 heterocycles. The Morgan fingerprint density at radius 3 is 2.20 bits per heavy atom. The maximum Gasteiger partial charge on any atom is 0.210 e. The SMILES string of the molecule is CC1/C(=C\C=C\C2=CC(=C/C=C/C3=[N+](C)c4ccc5ccccc5c4C3(C)Cc3ccccc3)/CC(C)(C)C2)N(C)c2ccc3ccccc3c21. The first-order valence-electron chi connectivity index (χ1n) is 18.5. The van der Waals surface area contributed by atoms with Gasteiger partial charge in [-0.25, -0.2) is 0 Å². The van der Waals surface area contributed by atoms with Gasteiger partial charge in [-0.05, 0) is 93.6 Å². The van der Waals surface area contributed by atoms with Crippen molar-refractivity contribution >= 4 is 38.6 Å². The summed E-state index contributed by atoms with van der Waals surface area (Å²) in [4.78, 5) is 2.37. The van der Waals surface area contributed by atoms with Crippen LogP contribution in [0.15, 0.2) is 163 Å². The molecule has 2 nitrogen and oxygen atoms in total. The molecule has 8 rings (SSSR count). The number of anilines is 1. The van der Waals surface area contributed by atoms with Gasteiger partial charge >= 0.3 is 0 Å². The molecule has 2 aliphatic heterocycles. The summed E-state index contributed by atoms with van der Waals surface area (Å²) in [6, 6.07) is 37.7. The Kier molecular flexibility index (Phi) is 8.30. The van der Waals surface area contributed by atoms with Gasteiger partial charge in [-0.2, -0.15) is 4.58 Å². The maximum absolute atomic E-state index is 2.44. The highest BCUT2D eigenvalue weighted by Crippen LogP contribution is 2.47. The molecule has 0 amide bonds.